The minimum absolute atomic E-state index is 0.160. The van der Waals surface area contributed by atoms with Gasteiger partial charge in [-0.2, -0.15) is 13.2 Å². The lowest BCUT2D eigenvalue weighted by atomic mass is 9.75. The van der Waals surface area contributed by atoms with E-state index in [1.165, 1.54) is 0 Å². The van der Waals surface area contributed by atoms with E-state index in [1.807, 2.05) is 4.90 Å². The molecule has 0 radical (unpaired) electrons. The number of alkyl halides is 3. The lowest BCUT2D eigenvalue weighted by Gasteiger charge is -2.36. The molecule has 3 saturated heterocycles. The first-order chi connectivity index (χ1) is 16.5. The molecule has 6 rings (SSSR count). The number of rotatable bonds is 1. The Balaban J connectivity index is 1.56. The second-order valence-corrected chi connectivity index (χ2v) is 10.3. The van der Waals surface area contributed by atoms with Crippen LogP contribution in [-0.2, 0) is 26.1 Å². The summed E-state index contributed by atoms with van der Waals surface area (Å²) in [6.45, 7) is 2.29. The van der Waals surface area contributed by atoms with E-state index in [0.717, 1.165) is 17.0 Å². The van der Waals surface area contributed by atoms with Crippen LogP contribution >= 0.6 is 23.2 Å². The van der Waals surface area contributed by atoms with E-state index in [1.54, 1.807) is 19.1 Å². The summed E-state index contributed by atoms with van der Waals surface area (Å²) in [6, 6.07) is 5.45. The van der Waals surface area contributed by atoms with Gasteiger partial charge in [0.15, 0.2) is 0 Å². The highest BCUT2D eigenvalue weighted by molar-refractivity contribution is 6.36. The lowest BCUT2D eigenvalue weighted by molar-refractivity contribution is -0.137. The largest absolute Gasteiger partial charge is 0.416 e. The van der Waals surface area contributed by atoms with Gasteiger partial charge in [0.05, 0.1) is 28.1 Å². The SMILES string of the molecule is Cc1cc(Cl)cc2c1NC(=O)[C@]21[C@@H]2C(=O)N(c3cc(C(F)(F)F)ccc3Cl)C(=O)[C@@H]2[C@@H]2CCCN21. The van der Waals surface area contributed by atoms with Gasteiger partial charge in [-0.3, -0.25) is 19.3 Å². The van der Waals surface area contributed by atoms with Gasteiger partial charge in [0.1, 0.15) is 5.54 Å². The molecule has 0 saturated carbocycles. The lowest BCUT2D eigenvalue weighted by Crippen LogP contribution is -2.54. The monoisotopic (exact) mass is 523 g/mol. The number of hydrogen-bond donors (Lipinski definition) is 1. The summed E-state index contributed by atoms with van der Waals surface area (Å²) in [4.78, 5) is 44.0. The number of benzene rings is 2. The average molecular weight is 524 g/mol. The zero-order valence-corrected chi connectivity index (χ0v) is 19.8. The highest BCUT2D eigenvalue weighted by Crippen LogP contribution is 2.61. The normalized spacial score (nSPS) is 29.7. The van der Waals surface area contributed by atoms with Gasteiger partial charge in [-0.1, -0.05) is 23.2 Å². The van der Waals surface area contributed by atoms with E-state index >= 15 is 0 Å². The number of amides is 3. The zero-order valence-electron chi connectivity index (χ0n) is 18.2. The number of carbonyl (C=O) groups is 3. The molecule has 3 amide bonds. The molecule has 0 unspecified atom stereocenters. The molecule has 2 aromatic carbocycles. The fourth-order valence-corrected chi connectivity index (χ4v) is 7.01. The third-order valence-electron chi connectivity index (χ3n) is 7.78. The van der Waals surface area contributed by atoms with Crippen LogP contribution in [-0.4, -0.2) is 35.2 Å². The minimum atomic E-state index is -4.69. The fraction of sp³-hybridized carbons (Fsp3) is 0.375. The number of fused-ring (bicyclic) bond motifs is 7. The highest BCUT2D eigenvalue weighted by Gasteiger charge is 2.75. The predicted molar refractivity (Wildman–Crippen MR) is 122 cm³/mol. The van der Waals surface area contributed by atoms with E-state index in [4.69, 9.17) is 23.2 Å². The van der Waals surface area contributed by atoms with Gasteiger partial charge in [0.2, 0.25) is 17.7 Å². The van der Waals surface area contributed by atoms with E-state index in [9.17, 15) is 27.6 Å². The Morgan fingerprint density at radius 3 is 2.54 bits per heavy atom. The van der Waals surface area contributed by atoms with Gasteiger partial charge in [-0.05, 0) is 62.2 Å². The molecule has 4 aliphatic rings. The van der Waals surface area contributed by atoms with Crippen molar-refractivity contribution in [1.29, 1.82) is 0 Å². The molecule has 11 heteroatoms. The van der Waals surface area contributed by atoms with Crippen LogP contribution in [0.5, 0.6) is 0 Å². The quantitative estimate of drug-likeness (QED) is 0.547. The summed E-state index contributed by atoms with van der Waals surface area (Å²) < 4.78 is 40.3. The molecule has 4 atom stereocenters. The second kappa shape index (κ2) is 7.21. The van der Waals surface area contributed by atoms with Crippen molar-refractivity contribution in [2.75, 3.05) is 16.8 Å². The Bertz CT molecular complexity index is 1350. The van der Waals surface area contributed by atoms with Crippen LogP contribution < -0.4 is 10.2 Å². The number of nitrogens with zero attached hydrogens (tertiary/aromatic N) is 2. The smallest absolute Gasteiger partial charge is 0.324 e. The van der Waals surface area contributed by atoms with Crippen molar-refractivity contribution in [3.05, 3.63) is 57.1 Å². The van der Waals surface area contributed by atoms with Gasteiger partial charge >= 0.3 is 6.18 Å². The Morgan fingerprint density at radius 1 is 1.09 bits per heavy atom. The van der Waals surface area contributed by atoms with Crippen LogP contribution in [0.3, 0.4) is 0 Å². The van der Waals surface area contributed by atoms with Crippen LogP contribution in [0.1, 0.15) is 29.5 Å². The zero-order chi connectivity index (χ0) is 25.0. The first-order valence-electron chi connectivity index (χ1n) is 11.1. The Hall–Kier alpha value is -2.62. The molecule has 0 aromatic heterocycles. The second-order valence-electron chi connectivity index (χ2n) is 9.45. The summed E-state index contributed by atoms with van der Waals surface area (Å²) >= 11 is 12.6. The number of carbonyl (C=O) groups excluding carboxylic acids is 3. The molecule has 2 aromatic rings. The van der Waals surface area contributed by atoms with Gasteiger partial charge in [0.25, 0.3) is 0 Å². The number of halogens is 5. The Kier molecular flexibility index (Phi) is 4.70. The summed E-state index contributed by atoms with van der Waals surface area (Å²) in [6.07, 6.45) is -3.40. The maximum Gasteiger partial charge on any atom is 0.416 e. The van der Waals surface area contributed by atoms with Crippen LogP contribution in [0.2, 0.25) is 10.0 Å². The van der Waals surface area contributed by atoms with Gasteiger partial charge in [-0.25, -0.2) is 4.90 Å². The summed E-state index contributed by atoms with van der Waals surface area (Å²) in [5, 5.41) is 3.11. The number of aryl methyl sites for hydroxylation is 1. The minimum Gasteiger partial charge on any atom is -0.324 e. The number of imide groups is 1. The van der Waals surface area contributed by atoms with E-state index in [0.29, 0.717) is 47.3 Å². The Morgan fingerprint density at radius 2 is 1.83 bits per heavy atom. The third-order valence-corrected chi connectivity index (χ3v) is 8.32. The van der Waals surface area contributed by atoms with Crippen molar-refractivity contribution >= 4 is 52.3 Å². The molecular formula is C24H18Cl2F3N3O3. The predicted octanol–water partition coefficient (Wildman–Crippen LogP) is 4.75. The summed E-state index contributed by atoms with van der Waals surface area (Å²) in [5.74, 6) is -3.83. The average Bonchev–Trinajstić information content (AvgIpc) is 3.47. The molecule has 182 valence electrons. The summed E-state index contributed by atoms with van der Waals surface area (Å²) in [5.41, 5.74) is -1.06. The maximum atomic E-state index is 14.0. The van der Waals surface area contributed by atoms with E-state index < -0.39 is 52.9 Å². The maximum absolute atomic E-state index is 14.0. The molecule has 1 N–H and O–H groups in total. The van der Waals surface area contributed by atoms with Gasteiger partial charge in [-0.15, -0.1) is 0 Å². The number of anilines is 2. The first-order valence-corrected chi connectivity index (χ1v) is 11.9. The van der Waals surface area contributed by atoms with Crippen molar-refractivity contribution in [3.63, 3.8) is 0 Å². The fourth-order valence-electron chi connectivity index (χ4n) is 6.53. The van der Waals surface area contributed by atoms with Gasteiger partial charge < -0.3 is 5.32 Å². The molecule has 4 aliphatic heterocycles. The molecule has 6 nitrogen and oxygen atoms in total. The van der Waals surface area contributed by atoms with Crippen molar-refractivity contribution in [2.24, 2.45) is 11.8 Å². The molecule has 35 heavy (non-hydrogen) atoms. The van der Waals surface area contributed by atoms with Crippen molar-refractivity contribution < 1.29 is 27.6 Å². The summed E-state index contributed by atoms with van der Waals surface area (Å²) in [7, 11) is 0. The molecule has 3 fully saturated rings. The Labute approximate surface area is 208 Å². The number of hydrogen-bond acceptors (Lipinski definition) is 4. The molecule has 0 aliphatic carbocycles. The molecular weight excluding hydrogens is 506 g/mol. The van der Waals surface area contributed by atoms with E-state index in [2.05, 4.69) is 5.32 Å². The van der Waals surface area contributed by atoms with Crippen LogP contribution in [0.4, 0.5) is 24.5 Å². The molecule has 0 bridgehead atoms. The topological polar surface area (TPSA) is 69.7 Å². The number of nitrogens with one attached hydrogen (secondary N) is 1. The highest BCUT2D eigenvalue weighted by atomic mass is 35.5. The standard InChI is InChI=1S/C24H18Cl2F3N3O3/c1-10-7-12(25)9-13-19(10)30-22(35)23(13)18-17(15-3-2-6-31(15)23)20(33)32(21(18)34)16-8-11(24(27,28)29)4-5-14(16)26/h4-5,7-9,15,17-18H,2-3,6H2,1H3,(H,30,35)/t15-,17+,18-,23+/m0/s1. The molecule has 4 heterocycles. The van der Waals surface area contributed by atoms with Crippen LogP contribution in [0, 0.1) is 18.8 Å². The van der Waals surface area contributed by atoms with Gasteiger partial charge in [0, 0.05) is 22.3 Å². The van der Waals surface area contributed by atoms with Crippen molar-refractivity contribution in [1.82, 2.24) is 4.90 Å². The first kappa shape index (κ1) is 22.8. The van der Waals surface area contributed by atoms with Crippen LogP contribution in [0.15, 0.2) is 30.3 Å². The third kappa shape index (κ3) is 2.80. The molecule has 1 spiro atoms. The van der Waals surface area contributed by atoms with E-state index in [-0.39, 0.29) is 10.7 Å². The van der Waals surface area contributed by atoms with Crippen LogP contribution in [0.25, 0.3) is 0 Å². The van der Waals surface area contributed by atoms with Crippen molar-refractivity contribution in [2.45, 2.75) is 37.5 Å². The van der Waals surface area contributed by atoms with Crippen molar-refractivity contribution in [3.8, 4) is 0 Å².